The third-order valence-electron chi connectivity index (χ3n) is 7.62. The van der Waals surface area contributed by atoms with Crippen molar-refractivity contribution in [2.75, 3.05) is 28.2 Å². The van der Waals surface area contributed by atoms with E-state index < -0.39 is 10.0 Å². The van der Waals surface area contributed by atoms with Crippen molar-refractivity contribution >= 4 is 38.9 Å². The van der Waals surface area contributed by atoms with E-state index in [1.54, 1.807) is 84.8 Å². The van der Waals surface area contributed by atoms with E-state index in [0.717, 1.165) is 23.2 Å². The summed E-state index contributed by atoms with van der Waals surface area (Å²) in [5, 5.41) is 2.95. The molecule has 41 heavy (non-hydrogen) atoms. The Balaban J connectivity index is 1.21. The number of anilines is 3. The van der Waals surface area contributed by atoms with Gasteiger partial charge in [0.1, 0.15) is 5.75 Å². The highest BCUT2D eigenvalue weighted by Crippen LogP contribution is 2.38. The Labute approximate surface area is 239 Å². The van der Waals surface area contributed by atoms with Gasteiger partial charge in [-0.1, -0.05) is 24.3 Å². The number of methoxy groups -OCH3 is 1. The van der Waals surface area contributed by atoms with Crippen LogP contribution in [0.25, 0.3) is 0 Å². The van der Waals surface area contributed by atoms with Crippen LogP contribution in [0.2, 0.25) is 0 Å². The second-order valence-electron chi connectivity index (χ2n) is 10.2. The first kappa shape index (κ1) is 26.6. The summed E-state index contributed by atoms with van der Waals surface area (Å²) in [5.41, 5.74) is 4.76. The van der Waals surface area contributed by atoms with E-state index in [2.05, 4.69) is 5.32 Å². The number of benzene rings is 4. The van der Waals surface area contributed by atoms with Gasteiger partial charge in [0.05, 0.1) is 17.7 Å². The number of ether oxygens (including phenoxy) is 1. The van der Waals surface area contributed by atoms with Crippen LogP contribution in [0.4, 0.5) is 17.1 Å². The number of fused-ring (bicyclic) bond motifs is 2. The summed E-state index contributed by atoms with van der Waals surface area (Å²) in [6, 6.07) is 25.8. The van der Waals surface area contributed by atoms with Crippen molar-refractivity contribution in [1.29, 1.82) is 0 Å². The van der Waals surface area contributed by atoms with E-state index in [0.29, 0.717) is 41.2 Å². The summed E-state index contributed by atoms with van der Waals surface area (Å²) in [6.07, 6.45) is 1.24. The number of carbonyl (C=O) groups excluding carboxylic acids is 2. The van der Waals surface area contributed by atoms with Crippen LogP contribution in [0, 0.1) is 0 Å². The number of hydrogen-bond donors (Lipinski definition) is 1. The van der Waals surface area contributed by atoms with Crippen LogP contribution in [0.1, 0.15) is 38.8 Å². The fourth-order valence-corrected chi connectivity index (χ4v) is 7.29. The maximum absolute atomic E-state index is 13.4. The average Bonchev–Trinajstić information content (AvgIpc) is 3.57. The summed E-state index contributed by atoms with van der Waals surface area (Å²) in [7, 11) is -2.15. The zero-order valence-electron chi connectivity index (χ0n) is 22.7. The minimum atomic E-state index is -3.73. The Bertz CT molecular complexity index is 1750. The molecule has 4 aromatic rings. The standard InChI is InChI=1S/C32H29N3O5S/c1-21-18-25-19-24(11-15-29(25)35(21)41(38,39)28-6-4-3-5-7-28)31(36)33-26-12-8-22-16-17-34(30(22)20-26)32(37)23-9-13-27(40-2)14-10-23/h3-15,19-21H,16-18H2,1-2H3,(H,33,36). The number of amides is 2. The van der Waals surface area contributed by atoms with E-state index in [9.17, 15) is 18.0 Å². The van der Waals surface area contributed by atoms with E-state index in [-0.39, 0.29) is 22.8 Å². The molecule has 2 aliphatic heterocycles. The van der Waals surface area contributed by atoms with Crippen LogP contribution in [0.3, 0.4) is 0 Å². The maximum atomic E-state index is 13.4. The molecule has 2 heterocycles. The summed E-state index contributed by atoms with van der Waals surface area (Å²) in [4.78, 5) is 28.5. The lowest BCUT2D eigenvalue weighted by atomic mass is 10.1. The largest absolute Gasteiger partial charge is 0.497 e. The van der Waals surface area contributed by atoms with Gasteiger partial charge < -0.3 is 15.0 Å². The normalized spacial score (nSPS) is 15.8. The molecule has 2 aliphatic rings. The molecule has 1 atom stereocenters. The van der Waals surface area contributed by atoms with Crippen molar-refractivity contribution in [1.82, 2.24) is 0 Å². The van der Waals surface area contributed by atoms with Gasteiger partial charge in [-0.25, -0.2) is 8.42 Å². The lowest BCUT2D eigenvalue weighted by Gasteiger charge is -2.24. The molecule has 0 radical (unpaired) electrons. The van der Waals surface area contributed by atoms with Crippen LogP contribution >= 0.6 is 0 Å². The smallest absolute Gasteiger partial charge is 0.264 e. The Morgan fingerprint density at radius 2 is 1.59 bits per heavy atom. The molecule has 0 bridgehead atoms. The van der Waals surface area contributed by atoms with Crippen molar-refractivity contribution in [2.45, 2.75) is 30.7 Å². The Hall–Kier alpha value is -4.63. The molecule has 0 fully saturated rings. The highest BCUT2D eigenvalue weighted by Gasteiger charge is 2.36. The maximum Gasteiger partial charge on any atom is 0.264 e. The molecule has 2 amide bonds. The molecule has 208 valence electrons. The van der Waals surface area contributed by atoms with Gasteiger partial charge in [0.15, 0.2) is 0 Å². The molecule has 0 spiro atoms. The molecular formula is C32H29N3O5S. The number of nitrogens with zero attached hydrogens (tertiary/aromatic N) is 2. The van der Waals surface area contributed by atoms with Crippen LogP contribution in [0.15, 0.2) is 95.9 Å². The van der Waals surface area contributed by atoms with Gasteiger partial charge in [-0.15, -0.1) is 0 Å². The Morgan fingerprint density at radius 3 is 2.32 bits per heavy atom. The average molecular weight is 568 g/mol. The molecular weight excluding hydrogens is 538 g/mol. The second kappa shape index (κ2) is 10.4. The third kappa shape index (κ3) is 4.82. The van der Waals surface area contributed by atoms with Crippen molar-refractivity contribution < 1.29 is 22.7 Å². The van der Waals surface area contributed by atoms with E-state index in [1.807, 2.05) is 25.1 Å². The predicted octanol–water partition coefficient (Wildman–Crippen LogP) is 5.29. The molecule has 6 rings (SSSR count). The van der Waals surface area contributed by atoms with Gasteiger partial charge in [-0.05, 0) is 97.6 Å². The summed E-state index contributed by atoms with van der Waals surface area (Å²) in [5.74, 6) is 0.258. The molecule has 1 unspecified atom stereocenters. The molecule has 9 heteroatoms. The Kier molecular flexibility index (Phi) is 6.75. The van der Waals surface area contributed by atoms with Crippen molar-refractivity contribution in [3.63, 3.8) is 0 Å². The van der Waals surface area contributed by atoms with Gasteiger partial charge in [-0.2, -0.15) is 0 Å². The topological polar surface area (TPSA) is 96.0 Å². The van der Waals surface area contributed by atoms with Crippen molar-refractivity contribution in [3.05, 3.63) is 113 Å². The fraction of sp³-hybridized carbons (Fsp3) is 0.188. The lowest BCUT2D eigenvalue weighted by molar-refractivity contribution is 0.0988. The van der Waals surface area contributed by atoms with Crippen LogP contribution in [-0.2, 0) is 22.9 Å². The first-order valence-electron chi connectivity index (χ1n) is 13.4. The molecule has 1 N–H and O–H groups in total. The SMILES string of the molecule is COc1ccc(C(=O)N2CCc3ccc(NC(=O)c4ccc5c(c4)CC(C)N5S(=O)(=O)c4ccccc4)cc32)cc1. The van der Waals surface area contributed by atoms with Gasteiger partial charge in [0.25, 0.3) is 21.8 Å². The van der Waals surface area contributed by atoms with E-state index >= 15 is 0 Å². The zero-order chi connectivity index (χ0) is 28.7. The highest BCUT2D eigenvalue weighted by molar-refractivity contribution is 7.92. The van der Waals surface area contributed by atoms with Crippen LogP contribution in [0.5, 0.6) is 5.75 Å². The minimum absolute atomic E-state index is 0.113. The first-order chi connectivity index (χ1) is 19.8. The van der Waals surface area contributed by atoms with Gasteiger partial charge in [-0.3, -0.25) is 13.9 Å². The fourth-order valence-electron chi connectivity index (χ4n) is 5.58. The van der Waals surface area contributed by atoms with Gasteiger partial charge in [0.2, 0.25) is 0 Å². The molecule has 8 nitrogen and oxygen atoms in total. The van der Waals surface area contributed by atoms with Crippen LogP contribution < -0.4 is 19.3 Å². The quantitative estimate of drug-likeness (QED) is 0.342. The highest BCUT2D eigenvalue weighted by atomic mass is 32.2. The molecule has 0 aliphatic carbocycles. The molecule has 0 saturated heterocycles. The molecule has 0 aromatic heterocycles. The van der Waals surface area contributed by atoms with Gasteiger partial charge in [0, 0.05) is 35.1 Å². The summed E-state index contributed by atoms with van der Waals surface area (Å²) < 4.78 is 33.4. The number of nitrogens with one attached hydrogen (secondary N) is 1. The first-order valence-corrected chi connectivity index (χ1v) is 14.8. The van der Waals surface area contributed by atoms with Gasteiger partial charge >= 0.3 is 0 Å². The number of sulfonamides is 1. The third-order valence-corrected chi connectivity index (χ3v) is 9.56. The number of carbonyl (C=O) groups is 2. The minimum Gasteiger partial charge on any atom is -0.497 e. The van der Waals surface area contributed by atoms with Crippen molar-refractivity contribution in [3.8, 4) is 5.75 Å². The van der Waals surface area contributed by atoms with E-state index in [4.69, 9.17) is 4.74 Å². The number of hydrogen-bond acceptors (Lipinski definition) is 5. The van der Waals surface area contributed by atoms with E-state index in [1.165, 1.54) is 4.31 Å². The second-order valence-corrected chi connectivity index (χ2v) is 12.1. The zero-order valence-corrected chi connectivity index (χ0v) is 23.5. The summed E-state index contributed by atoms with van der Waals surface area (Å²) in [6.45, 7) is 2.42. The van der Waals surface area contributed by atoms with Crippen molar-refractivity contribution in [2.24, 2.45) is 0 Å². The Morgan fingerprint density at radius 1 is 0.854 bits per heavy atom. The lowest BCUT2D eigenvalue weighted by Crippen LogP contribution is -2.35. The molecule has 0 saturated carbocycles. The number of rotatable bonds is 6. The summed E-state index contributed by atoms with van der Waals surface area (Å²) >= 11 is 0. The predicted molar refractivity (Wildman–Crippen MR) is 158 cm³/mol. The monoisotopic (exact) mass is 567 g/mol. The van der Waals surface area contributed by atoms with Crippen LogP contribution in [-0.4, -0.2) is 39.9 Å². The molecule has 4 aromatic carbocycles.